The third-order valence-electron chi connectivity index (χ3n) is 1.01. The summed E-state index contributed by atoms with van der Waals surface area (Å²) in [6, 6.07) is 7.94. The van der Waals surface area contributed by atoms with Crippen LogP contribution >= 0.6 is 11.6 Å². The van der Waals surface area contributed by atoms with Gasteiger partial charge in [-0.3, -0.25) is 4.79 Å². The summed E-state index contributed by atoms with van der Waals surface area (Å²) in [7, 11) is 0. The molecule has 0 saturated heterocycles. The molecule has 0 heterocycles. The molecule has 0 aliphatic heterocycles. The zero-order chi connectivity index (χ0) is 9.56. The first-order chi connectivity index (χ1) is 5.52. The molecule has 1 rings (SSSR count). The zero-order valence-electron chi connectivity index (χ0n) is 7.04. The summed E-state index contributed by atoms with van der Waals surface area (Å²) in [5, 5.41) is 8.24. The van der Waals surface area contributed by atoms with E-state index >= 15 is 0 Å². The molecule has 0 amide bonds. The number of halogens is 1. The second-order valence-electron chi connectivity index (χ2n) is 2.31. The molecule has 0 aromatic heterocycles. The third-order valence-corrected chi connectivity index (χ3v) is 1.93. The van der Waals surface area contributed by atoms with Crippen LogP contribution < -0.4 is 2.81 Å². The molecule has 0 saturated carbocycles. The fourth-order valence-electron chi connectivity index (χ4n) is 0.533. The molecule has 0 bridgehead atoms. The second-order valence-corrected chi connectivity index (χ2v) is 3.91. The Morgan fingerprint density at radius 2 is 1.75 bits per heavy atom. The summed E-state index contributed by atoms with van der Waals surface area (Å²) in [6.07, 6.45) is 0. The number of carboxylic acids is 1. The molecule has 0 unspecified atom stereocenters. The molecular formula is C8H8ClNaO2. The number of hydrogen-bond acceptors (Lipinski definition) is 1. The van der Waals surface area contributed by atoms with Gasteiger partial charge in [-0.25, -0.2) is 0 Å². The molecule has 0 spiro atoms. The van der Waals surface area contributed by atoms with Crippen LogP contribution in [0.2, 0.25) is 5.02 Å². The van der Waals surface area contributed by atoms with Crippen molar-refractivity contribution >= 4 is 48.3 Å². The Bertz CT molecular complexity index is 221. The van der Waals surface area contributed by atoms with Crippen LogP contribution in [0.4, 0.5) is 0 Å². The number of carboxylic acid groups (broad SMARTS) is 1. The topological polar surface area (TPSA) is 37.3 Å². The van der Waals surface area contributed by atoms with Gasteiger partial charge in [0.05, 0.1) is 0 Å². The van der Waals surface area contributed by atoms with Gasteiger partial charge in [-0.2, -0.15) is 0 Å². The molecule has 0 aliphatic rings. The van der Waals surface area contributed by atoms with Crippen LogP contribution in [0.15, 0.2) is 24.3 Å². The van der Waals surface area contributed by atoms with E-state index in [0.29, 0.717) is 0 Å². The monoisotopic (exact) mass is 194 g/mol. The second kappa shape index (κ2) is 6.49. The first-order valence-corrected chi connectivity index (χ1v) is 4.82. The number of aliphatic carboxylic acids is 1. The first kappa shape index (κ1) is 12.0. The van der Waals surface area contributed by atoms with Crippen molar-refractivity contribution in [1.82, 2.24) is 0 Å². The molecule has 12 heavy (non-hydrogen) atoms. The fraction of sp³-hybridized carbons (Fsp3) is 0.125. The summed E-state index contributed by atoms with van der Waals surface area (Å²) in [5.41, 5.74) is 0. The van der Waals surface area contributed by atoms with Gasteiger partial charge in [0, 0.05) is 6.92 Å². The van der Waals surface area contributed by atoms with Crippen molar-refractivity contribution in [3.63, 3.8) is 0 Å². The molecule has 0 aliphatic carbocycles. The minimum absolute atomic E-state index is 0.824. The maximum absolute atomic E-state index is 9.00. The Balaban J connectivity index is 0.000000261. The molecule has 2 nitrogen and oxygen atoms in total. The van der Waals surface area contributed by atoms with Crippen LogP contribution in [0.3, 0.4) is 0 Å². The van der Waals surface area contributed by atoms with Crippen molar-refractivity contribution < 1.29 is 9.90 Å². The molecule has 0 radical (unpaired) electrons. The molecule has 1 aromatic carbocycles. The van der Waals surface area contributed by atoms with Gasteiger partial charge in [-0.15, -0.1) is 0 Å². The predicted octanol–water partition coefficient (Wildman–Crippen LogP) is 1.22. The van der Waals surface area contributed by atoms with Gasteiger partial charge in [0.25, 0.3) is 5.97 Å². The van der Waals surface area contributed by atoms with Crippen LogP contribution in [0.5, 0.6) is 0 Å². The number of rotatable bonds is 0. The predicted molar refractivity (Wildman–Crippen MR) is 50.1 cm³/mol. The van der Waals surface area contributed by atoms with Gasteiger partial charge in [0.15, 0.2) is 0 Å². The van der Waals surface area contributed by atoms with Crippen LogP contribution in [-0.4, -0.2) is 39.0 Å². The van der Waals surface area contributed by atoms with Gasteiger partial charge in [0.1, 0.15) is 0 Å². The van der Waals surface area contributed by atoms with E-state index in [-0.39, 0.29) is 0 Å². The number of carbonyl (C=O) groups is 1. The minimum atomic E-state index is -0.833. The van der Waals surface area contributed by atoms with E-state index in [9.17, 15) is 0 Å². The van der Waals surface area contributed by atoms with E-state index in [0.717, 1.165) is 39.9 Å². The van der Waals surface area contributed by atoms with E-state index in [4.69, 9.17) is 21.5 Å². The number of benzene rings is 1. The molecule has 4 heteroatoms. The van der Waals surface area contributed by atoms with Crippen molar-refractivity contribution in [2.45, 2.75) is 6.92 Å². The van der Waals surface area contributed by atoms with Gasteiger partial charge >= 0.3 is 71.6 Å². The van der Waals surface area contributed by atoms with Crippen molar-refractivity contribution in [1.29, 1.82) is 0 Å². The van der Waals surface area contributed by atoms with Crippen LogP contribution in [-0.2, 0) is 4.79 Å². The Hall–Kier alpha value is -0.0200. The van der Waals surface area contributed by atoms with E-state index < -0.39 is 5.97 Å². The summed E-state index contributed by atoms with van der Waals surface area (Å²) >= 11 is 6.74. The SMILES string of the molecule is CC(=O)O.[Na][c]1ccc(Cl)cc1. The van der Waals surface area contributed by atoms with Crippen molar-refractivity contribution in [3.8, 4) is 0 Å². The molecule has 0 atom stereocenters. The van der Waals surface area contributed by atoms with Crippen LogP contribution in [0.25, 0.3) is 0 Å². The first-order valence-electron chi connectivity index (χ1n) is 3.44. The summed E-state index contributed by atoms with van der Waals surface area (Å²) in [6.45, 7) is 1.08. The summed E-state index contributed by atoms with van der Waals surface area (Å²) in [5.74, 6) is -0.833. The molecule has 1 N–H and O–H groups in total. The van der Waals surface area contributed by atoms with Gasteiger partial charge in [-0.1, -0.05) is 0 Å². The average Bonchev–Trinajstić information content (AvgIpc) is 1.94. The van der Waals surface area contributed by atoms with E-state index in [1.807, 2.05) is 12.1 Å². The Morgan fingerprint density at radius 3 is 2.00 bits per heavy atom. The number of hydrogen-bond donors (Lipinski definition) is 1. The maximum atomic E-state index is 9.00. The zero-order valence-corrected chi connectivity index (χ0v) is 9.80. The van der Waals surface area contributed by atoms with Gasteiger partial charge in [0.2, 0.25) is 0 Å². The van der Waals surface area contributed by atoms with Gasteiger partial charge < -0.3 is 5.11 Å². The standard InChI is InChI=1S/C6H4Cl.C2H4O2.Na/c7-6-4-2-1-3-5-6;1-2(3)4;/h2-5H;1H3,(H,3,4);. The van der Waals surface area contributed by atoms with Crippen LogP contribution in [0.1, 0.15) is 6.92 Å². The summed E-state index contributed by atoms with van der Waals surface area (Å²) in [4.78, 5) is 9.00. The Kier molecular flexibility index (Phi) is 6.48. The normalized spacial score (nSPS) is 8.33. The summed E-state index contributed by atoms with van der Waals surface area (Å²) < 4.78 is 1.38. The van der Waals surface area contributed by atoms with E-state index in [1.165, 1.54) is 2.81 Å². The molecular weight excluding hydrogens is 187 g/mol. The van der Waals surface area contributed by atoms with E-state index in [1.54, 1.807) is 0 Å². The van der Waals surface area contributed by atoms with Crippen molar-refractivity contribution in [2.24, 2.45) is 0 Å². The fourth-order valence-corrected chi connectivity index (χ4v) is 0.993. The average molecular weight is 195 g/mol. The van der Waals surface area contributed by atoms with Gasteiger partial charge in [-0.05, 0) is 0 Å². The van der Waals surface area contributed by atoms with Crippen molar-refractivity contribution in [2.75, 3.05) is 0 Å². The molecule has 0 fully saturated rings. The quantitative estimate of drug-likeness (QED) is 0.631. The molecule has 60 valence electrons. The van der Waals surface area contributed by atoms with Crippen LogP contribution in [0, 0.1) is 0 Å². The van der Waals surface area contributed by atoms with Crippen molar-refractivity contribution in [3.05, 3.63) is 29.3 Å². The molecule has 1 aromatic rings. The van der Waals surface area contributed by atoms with E-state index in [2.05, 4.69) is 12.1 Å². The Labute approximate surface area is 94.0 Å². The third kappa shape index (κ3) is 8.08. The Morgan fingerprint density at radius 1 is 1.42 bits per heavy atom.